The number of carbonyl (C=O) groups excluding carboxylic acids is 1. The molecule has 0 saturated heterocycles. The Morgan fingerprint density at radius 1 is 1.32 bits per heavy atom. The number of alkyl halides is 3. The number of hydrogen-bond acceptors (Lipinski definition) is 5. The first-order chi connectivity index (χ1) is 8.61. The molecule has 6 nitrogen and oxygen atoms in total. The number of aliphatic hydroxyl groups is 2. The first kappa shape index (κ1) is 15.1. The molecule has 19 heavy (non-hydrogen) atoms. The van der Waals surface area contributed by atoms with Gasteiger partial charge in [0.05, 0.1) is 0 Å². The molecule has 0 spiro atoms. The summed E-state index contributed by atoms with van der Waals surface area (Å²) in [5, 5.41) is 28.1. The van der Waals surface area contributed by atoms with Crippen molar-refractivity contribution < 1.29 is 38.0 Å². The lowest BCUT2D eigenvalue weighted by Gasteiger charge is -2.17. The highest BCUT2D eigenvalue weighted by Crippen LogP contribution is 2.32. The number of nitrogens with two attached hydrogens (primary N) is 1. The Hall–Kier alpha value is -2.00. The smallest absolute Gasteiger partial charge is 0.508 e. The second-order valence-corrected chi connectivity index (χ2v) is 3.56. The van der Waals surface area contributed by atoms with Crippen LogP contribution < -0.4 is 10.5 Å². The lowest BCUT2D eigenvalue weighted by Crippen LogP contribution is -2.33. The van der Waals surface area contributed by atoms with Gasteiger partial charge in [-0.05, 0) is 18.2 Å². The third-order valence-corrected chi connectivity index (χ3v) is 2.14. The number of amides is 1. The first-order valence-corrected chi connectivity index (χ1v) is 4.86. The van der Waals surface area contributed by atoms with Gasteiger partial charge in [-0.25, -0.2) is 0 Å². The molecule has 106 valence electrons. The Balaban J connectivity index is 3.07. The summed E-state index contributed by atoms with van der Waals surface area (Å²) in [4.78, 5) is 10.7. The average Bonchev–Trinajstić information content (AvgIpc) is 2.27. The molecule has 2 atom stereocenters. The summed E-state index contributed by atoms with van der Waals surface area (Å²) in [5.74, 6) is -2.65. The highest BCUT2D eigenvalue weighted by Gasteiger charge is 2.32. The Kier molecular flexibility index (Phi) is 4.22. The Morgan fingerprint density at radius 3 is 2.37 bits per heavy atom. The third kappa shape index (κ3) is 4.00. The summed E-state index contributed by atoms with van der Waals surface area (Å²) >= 11 is 0. The molecule has 2 unspecified atom stereocenters. The number of ether oxygens (including phenoxy) is 1. The van der Waals surface area contributed by atoms with Gasteiger partial charge >= 0.3 is 6.36 Å². The topological polar surface area (TPSA) is 113 Å². The fraction of sp³-hybridized carbons (Fsp3) is 0.300. The van der Waals surface area contributed by atoms with E-state index in [-0.39, 0.29) is 0 Å². The maximum absolute atomic E-state index is 12.0. The van der Waals surface area contributed by atoms with E-state index in [0.29, 0.717) is 6.07 Å². The third-order valence-electron chi connectivity index (χ3n) is 2.14. The summed E-state index contributed by atoms with van der Waals surface area (Å²) in [6.45, 7) is 0. The summed E-state index contributed by atoms with van der Waals surface area (Å²) in [6.07, 6.45) is -9.01. The summed E-state index contributed by atoms with van der Waals surface area (Å²) in [6, 6.07) is 2.25. The van der Waals surface area contributed by atoms with Gasteiger partial charge in [0.15, 0.2) is 6.10 Å². The fourth-order valence-corrected chi connectivity index (χ4v) is 1.29. The molecule has 0 heterocycles. The van der Waals surface area contributed by atoms with E-state index >= 15 is 0 Å². The second kappa shape index (κ2) is 5.33. The number of primary amides is 1. The number of phenols is 1. The number of hydrogen-bond donors (Lipinski definition) is 4. The summed E-state index contributed by atoms with van der Waals surface area (Å²) in [5.41, 5.74) is 4.20. The number of carbonyl (C=O) groups is 1. The predicted octanol–water partition coefficient (Wildman–Crippen LogP) is 0.170. The number of phenolic OH excluding ortho intramolecular Hbond substituents is 1. The van der Waals surface area contributed by atoms with Crippen molar-refractivity contribution in [2.24, 2.45) is 5.73 Å². The van der Waals surface area contributed by atoms with E-state index < -0.39 is 41.5 Å². The van der Waals surface area contributed by atoms with Crippen molar-refractivity contribution in [1.29, 1.82) is 0 Å². The van der Waals surface area contributed by atoms with E-state index in [9.17, 15) is 33.3 Å². The van der Waals surface area contributed by atoms with E-state index in [1.165, 1.54) is 0 Å². The zero-order valence-corrected chi connectivity index (χ0v) is 9.26. The molecule has 0 aliphatic carbocycles. The number of benzene rings is 1. The molecule has 1 aromatic rings. The predicted molar refractivity (Wildman–Crippen MR) is 55.0 cm³/mol. The molecule has 0 saturated carbocycles. The van der Waals surface area contributed by atoms with E-state index in [0.717, 1.165) is 12.1 Å². The zero-order chi connectivity index (χ0) is 14.8. The van der Waals surface area contributed by atoms with Crippen LogP contribution in [0.1, 0.15) is 11.7 Å². The molecule has 5 N–H and O–H groups in total. The van der Waals surface area contributed by atoms with Crippen LogP contribution in [-0.2, 0) is 4.79 Å². The van der Waals surface area contributed by atoms with E-state index in [1.54, 1.807) is 0 Å². The van der Waals surface area contributed by atoms with Crippen molar-refractivity contribution in [3.63, 3.8) is 0 Å². The number of halogens is 3. The van der Waals surface area contributed by atoms with Gasteiger partial charge in [-0.1, -0.05) is 0 Å². The van der Waals surface area contributed by atoms with E-state index in [2.05, 4.69) is 4.74 Å². The SMILES string of the molecule is NC(=O)C(O)C(O)c1cc(OC(F)(F)F)ccc1O. The van der Waals surface area contributed by atoms with Crippen molar-refractivity contribution in [1.82, 2.24) is 0 Å². The molecular formula is C10H10F3NO5. The zero-order valence-electron chi connectivity index (χ0n) is 9.26. The van der Waals surface area contributed by atoms with Crippen molar-refractivity contribution in [2.45, 2.75) is 18.6 Å². The Morgan fingerprint density at radius 2 is 1.89 bits per heavy atom. The van der Waals surface area contributed by atoms with E-state index in [4.69, 9.17) is 5.73 Å². The highest BCUT2D eigenvalue weighted by molar-refractivity contribution is 5.79. The largest absolute Gasteiger partial charge is 0.573 e. The normalized spacial score (nSPS) is 14.8. The molecule has 0 aromatic heterocycles. The van der Waals surface area contributed by atoms with Crippen LogP contribution in [0, 0.1) is 0 Å². The van der Waals surface area contributed by atoms with Gasteiger partial charge in [-0.2, -0.15) is 0 Å². The van der Waals surface area contributed by atoms with Crippen molar-refractivity contribution >= 4 is 5.91 Å². The minimum absolute atomic E-state index is 0.520. The molecule has 0 radical (unpaired) electrons. The highest BCUT2D eigenvalue weighted by atomic mass is 19.4. The molecular weight excluding hydrogens is 271 g/mol. The Labute approximate surface area is 104 Å². The van der Waals surface area contributed by atoms with E-state index in [1.807, 2.05) is 0 Å². The lowest BCUT2D eigenvalue weighted by atomic mass is 10.0. The van der Waals surface area contributed by atoms with Crippen LogP contribution in [0.5, 0.6) is 11.5 Å². The van der Waals surface area contributed by atoms with Gasteiger partial charge in [0.2, 0.25) is 5.91 Å². The summed E-state index contributed by atoms with van der Waals surface area (Å²) < 4.78 is 39.5. The van der Waals surface area contributed by atoms with Crippen LogP contribution in [-0.4, -0.2) is 33.7 Å². The average molecular weight is 281 g/mol. The molecule has 0 fully saturated rings. The minimum atomic E-state index is -4.96. The first-order valence-electron chi connectivity index (χ1n) is 4.86. The molecule has 0 aliphatic heterocycles. The van der Waals surface area contributed by atoms with Crippen LogP contribution in [0.4, 0.5) is 13.2 Å². The van der Waals surface area contributed by atoms with Crippen LogP contribution in [0.15, 0.2) is 18.2 Å². The van der Waals surface area contributed by atoms with Gasteiger partial charge in [0.25, 0.3) is 0 Å². The molecule has 0 aliphatic rings. The number of aliphatic hydroxyl groups excluding tert-OH is 2. The Bertz CT molecular complexity index is 477. The van der Waals surface area contributed by atoms with Crippen LogP contribution in [0.25, 0.3) is 0 Å². The molecule has 9 heteroatoms. The maximum Gasteiger partial charge on any atom is 0.573 e. The maximum atomic E-state index is 12.0. The second-order valence-electron chi connectivity index (χ2n) is 3.56. The van der Waals surface area contributed by atoms with Gasteiger partial charge in [0.1, 0.15) is 17.6 Å². The monoisotopic (exact) mass is 281 g/mol. The minimum Gasteiger partial charge on any atom is -0.508 e. The van der Waals surface area contributed by atoms with Crippen molar-refractivity contribution in [2.75, 3.05) is 0 Å². The molecule has 1 amide bonds. The fourth-order valence-electron chi connectivity index (χ4n) is 1.29. The number of aromatic hydroxyl groups is 1. The quantitative estimate of drug-likeness (QED) is 0.628. The molecule has 1 aromatic carbocycles. The van der Waals surface area contributed by atoms with Gasteiger partial charge in [-0.15, -0.1) is 13.2 Å². The van der Waals surface area contributed by atoms with Gasteiger partial charge in [0, 0.05) is 5.56 Å². The molecule has 0 bridgehead atoms. The van der Waals surface area contributed by atoms with Crippen LogP contribution in [0.2, 0.25) is 0 Å². The van der Waals surface area contributed by atoms with Crippen LogP contribution in [0.3, 0.4) is 0 Å². The lowest BCUT2D eigenvalue weighted by molar-refractivity contribution is -0.274. The van der Waals surface area contributed by atoms with Gasteiger partial charge < -0.3 is 25.8 Å². The van der Waals surface area contributed by atoms with Crippen molar-refractivity contribution in [3.8, 4) is 11.5 Å². The van der Waals surface area contributed by atoms with Crippen molar-refractivity contribution in [3.05, 3.63) is 23.8 Å². The summed E-state index contributed by atoms with van der Waals surface area (Å²) in [7, 11) is 0. The van der Waals surface area contributed by atoms with Crippen LogP contribution >= 0.6 is 0 Å². The number of rotatable bonds is 4. The van der Waals surface area contributed by atoms with Gasteiger partial charge in [-0.3, -0.25) is 4.79 Å². The molecule has 1 rings (SSSR count). The standard InChI is InChI=1S/C10H10F3NO5/c11-10(12,13)19-4-1-2-6(15)5(3-4)7(16)8(17)9(14)18/h1-3,7-8,15-17H,(H2,14,18).